The molecule has 3 aliphatic rings. The van der Waals surface area contributed by atoms with Gasteiger partial charge in [0.25, 0.3) is 5.70 Å². The summed E-state index contributed by atoms with van der Waals surface area (Å²) < 4.78 is 158. The highest BCUT2D eigenvalue weighted by Gasteiger charge is 2.30. The van der Waals surface area contributed by atoms with Gasteiger partial charge in [0.05, 0.1) is 6.57 Å². The summed E-state index contributed by atoms with van der Waals surface area (Å²) in [5, 5.41) is 13.4. The van der Waals surface area contributed by atoms with Gasteiger partial charge in [-0.05, 0) is 6.92 Å². The summed E-state index contributed by atoms with van der Waals surface area (Å²) in [5.41, 5.74) is -3.82. The molecule has 23 heteroatoms. The molecule has 0 spiro atoms. The predicted octanol–water partition coefficient (Wildman–Crippen LogP) is 2.50. The van der Waals surface area contributed by atoms with Crippen LogP contribution in [0.3, 0.4) is 0 Å². The first-order valence-corrected chi connectivity index (χ1v) is 14.0. The average Bonchev–Trinajstić information content (AvgIpc) is 3.92. The van der Waals surface area contributed by atoms with E-state index >= 15 is 0 Å². The van der Waals surface area contributed by atoms with Crippen LogP contribution >= 0.6 is 0 Å². The largest absolute Gasteiger partial charge is 0.274 e. The summed E-state index contributed by atoms with van der Waals surface area (Å²) in [6.45, 7) is 8.57. The van der Waals surface area contributed by atoms with Crippen molar-refractivity contribution >= 4 is 16.8 Å². The summed E-state index contributed by atoms with van der Waals surface area (Å²) in [7, 11) is 0. The van der Waals surface area contributed by atoms with Crippen LogP contribution in [0.4, 0.5) is 48.3 Å². The van der Waals surface area contributed by atoms with Gasteiger partial charge < -0.3 is 0 Å². The van der Waals surface area contributed by atoms with E-state index in [0.717, 1.165) is 6.92 Å². The molecular weight excluding hydrogens is 749 g/mol. The Morgan fingerprint density at radius 2 is 0.741 bits per heavy atom. The van der Waals surface area contributed by atoms with Gasteiger partial charge in [0, 0.05) is 5.56 Å². The van der Waals surface area contributed by atoms with Crippen LogP contribution in [0, 0.1) is 100 Å². The van der Waals surface area contributed by atoms with Gasteiger partial charge in [-0.15, -0.1) is 0 Å². The highest BCUT2D eigenvalue weighted by Crippen LogP contribution is 2.27. The molecule has 0 N–H and O–H groups in total. The van der Waals surface area contributed by atoms with E-state index in [4.69, 9.17) is 6.57 Å². The Balaban J connectivity index is 1.56. The molecule has 3 aromatic carbocycles. The minimum absolute atomic E-state index is 0.816. The third kappa shape index (κ3) is 4.92. The van der Waals surface area contributed by atoms with Gasteiger partial charge in [-0.1, -0.05) is 0 Å². The Labute approximate surface area is 287 Å². The lowest BCUT2D eigenvalue weighted by Gasteiger charge is -2.07. The van der Waals surface area contributed by atoms with E-state index in [1.807, 2.05) is 0 Å². The van der Waals surface area contributed by atoms with E-state index in [2.05, 4.69) is 49.8 Å². The fourth-order valence-corrected chi connectivity index (χ4v) is 4.93. The van der Waals surface area contributed by atoms with Gasteiger partial charge in [-0.3, -0.25) is 0 Å². The lowest BCUT2D eigenvalue weighted by atomic mass is 10.2. The summed E-state index contributed by atoms with van der Waals surface area (Å²) in [6, 6.07) is 2.95. The van der Waals surface area contributed by atoms with Crippen LogP contribution in [0.15, 0.2) is 47.4 Å². The third-order valence-corrected chi connectivity index (χ3v) is 7.52. The monoisotopic (exact) mass is 752 g/mol. The van der Waals surface area contributed by atoms with Gasteiger partial charge in [-0.25, -0.2) is 98.0 Å². The number of hydrogen-bond donors (Lipinski definition) is 0. The molecule has 54 heavy (non-hydrogen) atoms. The molecule has 7 rings (SSSR count). The summed E-state index contributed by atoms with van der Waals surface area (Å²) >= 11 is 0. The Bertz CT molecular complexity index is 2680. The maximum absolute atomic E-state index is 14.9. The normalized spacial score (nSPS) is 14.2. The molecule has 0 saturated heterocycles. The van der Waals surface area contributed by atoms with Crippen LogP contribution in [0.2, 0.25) is 0 Å². The SMILES string of the molecule is [C-]#[N+]C(=C1N=c2c(F)c(F)c(F)c(F)c2=N1)c1nc(C(C#N)=C2N=c3c(F)c(F)c(F)c(F)c3=N2)nc(/C(C#N)=C2/N=c3c(F)c(C)c(F)c(F)c3=N2)n1. The van der Waals surface area contributed by atoms with Crippen LogP contribution in [-0.4, -0.2) is 15.0 Å². The van der Waals surface area contributed by atoms with Crippen LogP contribution in [0.25, 0.3) is 21.7 Å². The molecular formula is C31H3F11N12. The van der Waals surface area contributed by atoms with Crippen molar-refractivity contribution in [3.63, 3.8) is 0 Å². The van der Waals surface area contributed by atoms with Gasteiger partial charge in [-0.2, -0.15) is 10.5 Å². The van der Waals surface area contributed by atoms with Crippen molar-refractivity contribution in [2.75, 3.05) is 0 Å². The molecule has 0 atom stereocenters. The average molecular weight is 752 g/mol. The molecule has 0 radical (unpaired) electrons. The fraction of sp³-hybridized carbons (Fsp3) is 0.0323. The molecule has 4 aromatic rings. The number of benzene rings is 3. The van der Waals surface area contributed by atoms with Crippen molar-refractivity contribution in [2.45, 2.75) is 6.92 Å². The van der Waals surface area contributed by atoms with Crippen molar-refractivity contribution in [3.05, 3.63) is 148 Å². The van der Waals surface area contributed by atoms with Crippen molar-refractivity contribution in [3.8, 4) is 12.1 Å². The van der Waals surface area contributed by atoms with Crippen molar-refractivity contribution in [1.82, 2.24) is 15.0 Å². The number of nitriles is 2. The Kier molecular flexibility index (Phi) is 7.91. The molecule has 0 amide bonds. The minimum atomic E-state index is -2.29. The Morgan fingerprint density at radius 1 is 0.444 bits per heavy atom. The molecule has 1 aromatic heterocycles. The second-order valence-electron chi connectivity index (χ2n) is 10.6. The molecule has 0 bridgehead atoms. The van der Waals surface area contributed by atoms with Crippen molar-refractivity contribution in [2.24, 2.45) is 30.0 Å². The van der Waals surface area contributed by atoms with Gasteiger partial charge >= 0.3 is 0 Å². The van der Waals surface area contributed by atoms with Gasteiger partial charge in [0.1, 0.15) is 55.4 Å². The minimum Gasteiger partial charge on any atom is -0.235 e. The number of aromatic nitrogens is 3. The molecule has 0 fully saturated rings. The predicted molar refractivity (Wildman–Crippen MR) is 149 cm³/mol. The fourth-order valence-electron chi connectivity index (χ4n) is 4.93. The molecule has 264 valence electrons. The smallest absolute Gasteiger partial charge is 0.235 e. The number of rotatable bonds is 3. The topological polar surface area (TPSA) is 165 Å². The summed E-state index contributed by atoms with van der Waals surface area (Å²) in [4.78, 5) is 36.0. The zero-order chi connectivity index (χ0) is 39.1. The zero-order valence-corrected chi connectivity index (χ0v) is 25.5. The van der Waals surface area contributed by atoms with Crippen LogP contribution in [-0.2, 0) is 0 Å². The number of nitrogens with zero attached hydrogens (tertiary/aromatic N) is 12. The molecule has 12 nitrogen and oxygen atoms in total. The second kappa shape index (κ2) is 12.3. The second-order valence-corrected chi connectivity index (χ2v) is 10.6. The lowest BCUT2D eigenvalue weighted by Crippen LogP contribution is -2.32. The van der Waals surface area contributed by atoms with E-state index in [9.17, 15) is 58.8 Å². The van der Waals surface area contributed by atoms with E-state index in [-0.39, 0.29) is 0 Å². The van der Waals surface area contributed by atoms with Crippen LogP contribution in [0.1, 0.15) is 23.0 Å². The van der Waals surface area contributed by atoms with Crippen LogP contribution < -0.4 is 32.1 Å². The number of fused-ring (bicyclic) bond motifs is 3. The van der Waals surface area contributed by atoms with Gasteiger partial charge in [0.2, 0.25) is 0 Å². The molecule has 0 saturated carbocycles. The first kappa shape index (κ1) is 34.8. The summed E-state index contributed by atoms with van der Waals surface area (Å²) in [5.74, 6) is -27.9. The van der Waals surface area contributed by atoms with E-state index in [0.29, 0.717) is 0 Å². The first-order chi connectivity index (χ1) is 25.6. The van der Waals surface area contributed by atoms with Crippen LogP contribution in [0.5, 0.6) is 0 Å². The summed E-state index contributed by atoms with van der Waals surface area (Å²) in [6.07, 6.45) is 0. The van der Waals surface area contributed by atoms with Crippen molar-refractivity contribution < 1.29 is 48.3 Å². The van der Waals surface area contributed by atoms with E-state index in [1.165, 1.54) is 12.1 Å². The lowest BCUT2D eigenvalue weighted by molar-refractivity contribution is 0.399. The Hall–Kier alpha value is -7.61. The third-order valence-electron chi connectivity index (χ3n) is 7.52. The number of allylic oxidation sites excluding steroid dienone is 2. The quantitative estimate of drug-likeness (QED) is 0.103. The molecule has 3 aliphatic heterocycles. The van der Waals surface area contributed by atoms with E-state index in [1.54, 1.807) is 0 Å². The highest BCUT2D eigenvalue weighted by atomic mass is 19.2. The van der Waals surface area contributed by atoms with E-state index < -0.39 is 153 Å². The zero-order valence-electron chi connectivity index (χ0n) is 25.5. The highest BCUT2D eigenvalue weighted by molar-refractivity contribution is 5.80. The number of halogens is 11. The maximum Gasteiger partial charge on any atom is 0.274 e. The van der Waals surface area contributed by atoms with Gasteiger partial charge in [0.15, 0.2) is 98.9 Å². The van der Waals surface area contributed by atoms with Crippen molar-refractivity contribution in [1.29, 1.82) is 10.5 Å². The molecule has 4 heterocycles. The molecule has 0 unspecified atom stereocenters. The standard InChI is InChI=1S/C31H3F11N12/c1-5-8(32)14(38)20-19(9(5)33)46-26(47-20)6(3-43)28-52-29(7(4-44)27-48-21-15(39)10(34)11(35)16(40)22(21)49-27)54-31(53-28)25(45-2)30-50-23-17(41)12(36)13(37)18(42)24(23)51-30/h1H3/b26-6-. The number of hydrogen-bond acceptors (Lipinski definition) is 11. The first-order valence-electron chi connectivity index (χ1n) is 14.0. The maximum atomic E-state index is 14.9. The Morgan fingerprint density at radius 3 is 1.07 bits per heavy atom. The molecule has 0 aliphatic carbocycles.